The molecule has 19 heavy (non-hydrogen) atoms. The number of anilines is 1. The van der Waals surface area contributed by atoms with Gasteiger partial charge in [-0.15, -0.1) is 0 Å². The van der Waals surface area contributed by atoms with E-state index < -0.39 is 0 Å². The summed E-state index contributed by atoms with van der Waals surface area (Å²) < 4.78 is 0. The van der Waals surface area contributed by atoms with E-state index in [2.05, 4.69) is 28.2 Å². The Hall–Kier alpha value is -1.90. The number of nitriles is 1. The molecule has 0 spiro atoms. The highest BCUT2D eigenvalue weighted by Crippen LogP contribution is 2.10. The van der Waals surface area contributed by atoms with Gasteiger partial charge in [0.25, 0.3) is 0 Å². The van der Waals surface area contributed by atoms with E-state index in [4.69, 9.17) is 5.26 Å². The van der Waals surface area contributed by atoms with Crippen LogP contribution >= 0.6 is 0 Å². The molecule has 1 fully saturated rings. The Balaban J connectivity index is 1.85. The number of hydrogen-bond acceptors (Lipinski definition) is 4. The first-order valence-electron chi connectivity index (χ1n) is 6.38. The van der Waals surface area contributed by atoms with Crippen LogP contribution < -0.4 is 5.32 Å². The fraction of sp³-hybridized carbons (Fsp3) is 0.429. The average molecular weight is 258 g/mol. The third kappa shape index (κ3) is 4.05. The lowest BCUT2D eigenvalue weighted by atomic mass is 10.2. The number of likely N-dealkylation sites (N-methyl/N-ethyl adjacent to an activating group) is 1. The summed E-state index contributed by atoms with van der Waals surface area (Å²) in [5, 5.41) is 11.6. The Morgan fingerprint density at radius 2 is 2.11 bits per heavy atom. The molecule has 1 aliphatic heterocycles. The molecular weight excluding hydrogens is 240 g/mol. The lowest BCUT2D eigenvalue weighted by Crippen LogP contribution is -2.47. The molecule has 100 valence electrons. The van der Waals surface area contributed by atoms with Gasteiger partial charge in [0.1, 0.15) is 0 Å². The number of nitrogens with one attached hydrogen (secondary N) is 1. The molecule has 0 unspecified atom stereocenters. The number of carbonyl (C=O) groups is 1. The summed E-state index contributed by atoms with van der Waals surface area (Å²) in [6.07, 6.45) is 0. The summed E-state index contributed by atoms with van der Waals surface area (Å²) in [5.41, 5.74) is 1.23. The van der Waals surface area contributed by atoms with Crippen LogP contribution in [-0.4, -0.2) is 55.5 Å². The minimum atomic E-state index is -0.0281. The zero-order chi connectivity index (χ0) is 13.7. The van der Waals surface area contributed by atoms with Gasteiger partial charge >= 0.3 is 0 Å². The normalized spacial score (nSPS) is 16.8. The van der Waals surface area contributed by atoms with Crippen LogP contribution in [-0.2, 0) is 4.79 Å². The van der Waals surface area contributed by atoms with E-state index in [0.29, 0.717) is 17.8 Å². The van der Waals surface area contributed by atoms with Crippen molar-refractivity contribution in [3.8, 4) is 6.07 Å². The van der Waals surface area contributed by atoms with Crippen LogP contribution in [0.3, 0.4) is 0 Å². The summed E-state index contributed by atoms with van der Waals surface area (Å²) in [4.78, 5) is 16.3. The molecule has 0 atom stereocenters. The molecule has 1 saturated heterocycles. The van der Waals surface area contributed by atoms with E-state index in [-0.39, 0.29) is 5.91 Å². The molecule has 0 aliphatic carbocycles. The third-order valence-electron chi connectivity index (χ3n) is 3.24. The Labute approximate surface area is 113 Å². The van der Waals surface area contributed by atoms with Crippen LogP contribution in [0.4, 0.5) is 5.69 Å². The summed E-state index contributed by atoms with van der Waals surface area (Å²) in [6.45, 7) is 4.24. The van der Waals surface area contributed by atoms with E-state index >= 15 is 0 Å². The molecule has 1 aliphatic rings. The first-order valence-corrected chi connectivity index (χ1v) is 6.38. The van der Waals surface area contributed by atoms with Crippen molar-refractivity contribution in [3.63, 3.8) is 0 Å². The maximum atomic E-state index is 11.9. The quantitative estimate of drug-likeness (QED) is 0.869. The van der Waals surface area contributed by atoms with Gasteiger partial charge in [-0.1, -0.05) is 6.07 Å². The molecule has 0 bridgehead atoms. The van der Waals surface area contributed by atoms with Crippen molar-refractivity contribution in [1.29, 1.82) is 5.26 Å². The van der Waals surface area contributed by atoms with Crippen LogP contribution in [0, 0.1) is 11.3 Å². The van der Waals surface area contributed by atoms with Gasteiger partial charge in [0.15, 0.2) is 0 Å². The number of piperazine rings is 1. The third-order valence-corrected chi connectivity index (χ3v) is 3.24. The van der Waals surface area contributed by atoms with Crippen molar-refractivity contribution in [3.05, 3.63) is 29.8 Å². The fourth-order valence-electron chi connectivity index (χ4n) is 2.08. The average Bonchev–Trinajstić information content (AvgIpc) is 2.41. The van der Waals surface area contributed by atoms with E-state index in [1.165, 1.54) is 0 Å². The molecule has 5 heteroatoms. The summed E-state index contributed by atoms with van der Waals surface area (Å²) >= 11 is 0. The fourth-order valence-corrected chi connectivity index (χ4v) is 2.08. The largest absolute Gasteiger partial charge is 0.325 e. The zero-order valence-corrected chi connectivity index (χ0v) is 11.1. The molecular formula is C14H18N4O. The molecule has 1 N–H and O–H groups in total. The topological polar surface area (TPSA) is 59.4 Å². The van der Waals surface area contributed by atoms with Crippen LogP contribution in [0.1, 0.15) is 5.56 Å². The van der Waals surface area contributed by atoms with E-state index in [1.54, 1.807) is 24.3 Å². The molecule has 1 amide bonds. The second-order valence-corrected chi connectivity index (χ2v) is 4.82. The molecule has 1 heterocycles. The highest BCUT2D eigenvalue weighted by Gasteiger charge is 2.16. The Kier molecular flexibility index (Phi) is 4.50. The van der Waals surface area contributed by atoms with Gasteiger partial charge in [-0.2, -0.15) is 5.26 Å². The number of nitrogens with zero attached hydrogens (tertiary/aromatic N) is 3. The van der Waals surface area contributed by atoms with Crippen LogP contribution in [0.2, 0.25) is 0 Å². The smallest absolute Gasteiger partial charge is 0.238 e. The predicted molar refractivity (Wildman–Crippen MR) is 73.7 cm³/mol. The predicted octanol–water partition coefficient (Wildman–Crippen LogP) is 0.744. The highest BCUT2D eigenvalue weighted by molar-refractivity contribution is 5.92. The number of benzene rings is 1. The maximum Gasteiger partial charge on any atom is 0.238 e. The van der Waals surface area contributed by atoms with Gasteiger partial charge in [0.05, 0.1) is 18.2 Å². The molecule has 1 aromatic rings. The van der Waals surface area contributed by atoms with Crippen LogP contribution in [0.5, 0.6) is 0 Å². The van der Waals surface area contributed by atoms with Gasteiger partial charge < -0.3 is 10.2 Å². The van der Waals surface area contributed by atoms with Crippen molar-refractivity contribution >= 4 is 11.6 Å². The van der Waals surface area contributed by atoms with Gasteiger partial charge in [-0.25, -0.2) is 0 Å². The number of amides is 1. The van der Waals surface area contributed by atoms with Crippen LogP contribution in [0.15, 0.2) is 24.3 Å². The molecule has 0 aromatic heterocycles. The molecule has 0 saturated carbocycles. The zero-order valence-electron chi connectivity index (χ0n) is 11.1. The lowest BCUT2D eigenvalue weighted by Gasteiger charge is -2.31. The number of hydrogen-bond donors (Lipinski definition) is 1. The monoisotopic (exact) mass is 258 g/mol. The first kappa shape index (κ1) is 13.5. The van der Waals surface area contributed by atoms with Gasteiger partial charge in [-0.3, -0.25) is 9.69 Å². The molecule has 2 rings (SSSR count). The van der Waals surface area contributed by atoms with Gasteiger partial charge in [-0.05, 0) is 25.2 Å². The minimum absolute atomic E-state index is 0.0281. The lowest BCUT2D eigenvalue weighted by molar-refractivity contribution is -0.117. The second-order valence-electron chi connectivity index (χ2n) is 4.82. The standard InChI is InChI=1S/C14H18N4O/c1-17-5-7-18(8-6-17)11-14(19)16-13-4-2-3-12(9-13)10-15/h2-4,9H,5-8,11H2,1H3,(H,16,19). The first-order chi connectivity index (χ1) is 9.17. The number of rotatable bonds is 3. The van der Waals surface area contributed by atoms with Crippen LogP contribution in [0.25, 0.3) is 0 Å². The molecule has 0 radical (unpaired) electrons. The highest BCUT2D eigenvalue weighted by atomic mass is 16.2. The van der Waals surface area contributed by atoms with Gasteiger partial charge in [0, 0.05) is 31.9 Å². The Morgan fingerprint density at radius 1 is 1.37 bits per heavy atom. The van der Waals surface area contributed by atoms with Crippen molar-refractivity contribution in [2.45, 2.75) is 0 Å². The Morgan fingerprint density at radius 3 is 2.79 bits per heavy atom. The van der Waals surface area contributed by atoms with E-state index in [0.717, 1.165) is 26.2 Å². The van der Waals surface area contributed by atoms with Crippen molar-refractivity contribution in [2.75, 3.05) is 45.1 Å². The SMILES string of the molecule is CN1CCN(CC(=O)Nc2cccc(C#N)c2)CC1. The second kappa shape index (κ2) is 6.32. The molecule has 1 aromatic carbocycles. The summed E-state index contributed by atoms with van der Waals surface area (Å²) in [7, 11) is 2.09. The number of carbonyl (C=O) groups excluding carboxylic acids is 1. The van der Waals surface area contributed by atoms with Gasteiger partial charge in [0.2, 0.25) is 5.91 Å². The summed E-state index contributed by atoms with van der Waals surface area (Å²) in [5.74, 6) is -0.0281. The maximum absolute atomic E-state index is 11.9. The van der Waals surface area contributed by atoms with Crippen molar-refractivity contribution < 1.29 is 4.79 Å². The van der Waals surface area contributed by atoms with Crippen molar-refractivity contribution in [2.24, 2.45) is 0 Å². The summed E-state index contributed by atoms with van der Waals surface area (Å²) in [6, 6.07) is 9.02. The molecule has 5 nitrogen and oxygen atoms in total. The van der Waals surface area contributed by atoms with Crippen molar-refractivity contribution in [1.82, 2.24) is 9.80 Å². The van der Waals surface area contributed by atoms with E-state index in [9.17, 15) is 4.79 Å². The van der Waals surface area contributed by atoms with E-state index in [1.807, 2.05) is 0 Å². The minimum Gasteiger partial charge on any atom is -0.325 e. The Bertz CT molecular complexity index is 486.